The maximum Gasteiger partial charge on any atom is 0.315 e. The van der Waals surface area contributed by atoms with E-state index in [0.29, 0.717) is 12.8 Å². The Bertz CT molecular complexity index is 744. The van der Waals surface area contributed by atoms with Crippen molar-refractivity contribution in [1.29, 1.82) is 0 Å². The van der Waals surface area contributed by atoms with Crippen molar-refractivity contribution >= 4 is 12.0 Å². The Hall–Kier alpha value is -2.39. The number of unbranched alkanes of at least 4 members (excludes halogenated alkanes) is 1. The first kappa shape index (κ1) is 19.4. The van der Waals surface area contributed by atoms with Crippen molar-refractivity contribution in [3.63, 3.8) is 0 Å². The molecule has 0 spiro atoms. The molecule has 2 amide bonds. The molecule has 1 aliphatic heterocycles. The fraction of sp³-hybridized carbons (Fsp3) is 0.529. The first-order chi connectivity index (χ1) is 12.8. The summed E-state index contributed by atoms with van der Waals surface area (Å²) in [4.78, 5) is 23.0. The van der Waals surface area contributed by atoms with E-state index in [4.69, 9.17) is 0 Å². The second-order valence-corrected chi connectivity index (χ2v) is 6.71. The number of carbonyl (C=O) groups is 2. The van der Waals surface area contributed by atoms with E-state index in [0.717, 1.165) is 19.3 Å². The fourth-order valence-corrected chi connectivity index (χ4v) is 3.66. The van der Waals surface area contributed by atoms with Crippen LogP contribution >= 0.6 is 0 Å². The van der Waals surface area contributed by atoms with Gasteiger partial charge in [-0.05, 0) is 31.6 Å². The summed E-state index contributed by atoms with van der Waals surface area (Å²) < 4.78 is 70.4. The molecule has 3 rings (SSSR count). The number of fused-ring (bicyclic) bond motifs is 1. The molecule has 1 saturated carbocycles. The van der Waals surface area contributed by atoms with Gasteiger partial charge in [0.25, 0.3) is 0 Å². The molecular weight excluding hydrogens is 375 g/mol. The number of hydrogen-bond acceptors (Lipinski definition) is 3. The third kappa shape index (κ3) is 3.84. The molecule has 5 nitrogen and oxygen atoms in total. The quantitative estimate of drug-likeness (QED) is 0.195. The predicted octanol–water partition coefficient (Wildman–Crippen LogP) is 3.31. The van der Waals surface area contributed by atoms with E-state index in [1.807, 2.05) is 0 Å². The minimum absolute atomic E-state index is 0.0535. The Morgan fingerprint density at radius 1 is 0.926 bits per heavy atom. The van der Waals surface area contributed by atoms with Crippen LogP contribution < -0.4 is 15.4 Å². The van der Waals surface area contributed by atoms with E-state index >= 15 is 0 Å². The second-order valence-electron chi connectivity index (χ2n) is 6.71. The lowest BCUT2D eigenvalue weighted by Crippen LogP contribution is -2.33. The molecule has 1 aliphatic carbocycles. The van der Waals surface area contributed by atoms with Crippen LogP contribution in [0.4, 0.5) is 26.7 Å². The van der Waals surface area contributed by atoms with Gasteiger partial charge < -0.3 is 15.4 Å². The van der Waals surface area contributed by atoms with Crippen LogP contribution in [0.15, 0.2) is 0 Å². The van der Waals surface area contributed by atoms with E-state index in [1.165, 1.54) is 0 Å². The largest absolute Gasteiger partial charge is 0.420 e. The van der Waals surface area contributed by atoms with Crippen molar-refractivity contribution in [2.75, 3.05) is 0 Å². The van der Waals surface area contributed by atoms with E-state index in [9.17, 15) is 31.5 Å². The molecular formula is C17H17F5N2O3. The average Bonchev–Trinajstić information content (AvgIpc) is 3.18. The van der Waals surface area contributed by atoms with Gasteiger partial charge in [0.1, 0.15) is 0 Å². The van der Waals surface area contributed by atoms with Gasteiger partial charge in [-0.3, -0.25) is 4.79 Å². The second kappa shape index (κ2) is 7.69. The lowest BCUT2D eigenvalue weighted by molar-refractivity contribution is -0.135. The zero-order valence-corrected chi connectivity index (χ0v) is 14.1. The Morgan fingerprint density at radius 2 is 1.56 bits per heavy atom. The van der Waals surface area contributed by atoms with Gasteiger partial charge in [-0.15, -0.1) is 0 Å². The predicted molar refractivity (Wildman–Crippen MR) is 82.3 cm³/mol. The van der Waals surface area contributed by atoms with Crippen LogP contribution in [0, 0.1) is 35.0 Å². The summed E-state index contributed by atoms with van der Waals surface area (Å²) in [5.74, 6) is -13.4. The summed E-state index contributed by atoms with van der Waals surface area (Å²) >= 11 is 0. The molecule has 2 N–H and O–H groups in total. The molecule has 2 fully saturated rings. The Kier molecular flexibility index (Phi) is 5.52. The molecule has 10 heteroatoms. The zero-order chi connectivity index (χ0) is 19.7. The van der Waals surface area contributed by atoms with E-state index in [2.05, 4.69) is 15.4 Å². The molecule has 0 radical (unpaired) electrons. The first-order valence-corrected chi connectivity index (χ1v) is 8.58. The number of amides is 2. The summed E-state index contributed by atoms with van der Waals surface area (Å²) in [6, 6.07) is -0.0272. The third-order valence-electron chi connectivity index (χ3n) is 5.00. The molecule has 148 valence electrons. The lowest BCUT2D eigenvalue weighted by Gasteiger charge is -2.17. The van der Waals surface area contributed by atoms with Gasteiger partial charge in [-0.2, -0.15) is 8.78 Å². The highest BCUT2D eigenvalue weighted by atomic mass is 19.2. The van der Waals surface area contributed by atoms with Crippen molar-refractivity contribution in [3.05, 3.63) is 29.1 Å². The van der Waals surface area contributed by atoms with Crippen molar-refractivity contribution in [2.24, 2.45) is 5.92 Å². The van der Waals surface area contributed by atoms with Crippen molar-refractivity contribution in [3.8, 4) is 5.75 Å². The number of nitrogens with one attached hydrogen (secondary N) is 2. The summed E-state index contributed by atoms with van der Waals surface area (Å²) in [6.45, 7) is 0. The average molecular weight is 392 g/mol. The molecule has 1 aromatic rings. The standard InChI is InChI=1S/C17H17F5N2O3/c18-10-11(19)13(21)16(14(22)12(10)20)27-9(25)4-2-1-3-7-5-6-8-15(7)24-17(26)23-8/h7-8,15H,1-6H2,(H2,23,24,26). The Morgan fingerprint density at radius 3 is 2.22 bits per heavy atom. The topological polar surface area (TPSA) is 67.4 Å². The SMILES string of the molecule is O=C1NC2CCC(CCCCC(=O)Oc3c(F)c(F)c(F)c(F)c3F)C2N1. The molecule has 1 aromatic carbocycles. The van der Waals surface area contributed by atoms with Gasteiger partial charge >= 0.3 is 12.0 Å². The summed E-state index contributed by atoms with van der Waals surface area (Å²) in [5.41, 5.74) is 0. The van der Waals surface area contributed by atoms with Crippen molar-refractivity contribution < 1.29 is 36.3 Å². The molecule has 0 bridgehead atoms. The highest BCUT2D eigenvalue weighted by Gasteiger charge is 2.41. The van der Waals surface area contributed by atoms with Crippen LogP contribution in [-0.2, 0) is 4.79 Å². The number of rotatable bonds is 6. The van der Waals surface area contributed by atoms with Crippen LogP contribution in [0.25, 0.3) is 0 Å². The smallest absolute Gasteiger partial charge is 0.315 e. The number of hydrogen-bond donors (Lipinski definition) is 2. The molecule has 0 aromatic heterocycles. The minimum Gasteiger partial charge on any atom is -0.420 e. The summed E-state index contributed by atoms with van der Waals surface area (Å²) in [5, 5.41) is 5.67. The van der Waals surface area contributed by atoms with Crippen molar-refractivity contribution in [2.45, 2.75) is 50.6 Å². The van der Waals surface area contributed by atoms with Gasteiger partial charge in [-0.1, -0.05) is 6.42 Å². The Labute approximate surface area is 151 Å². The number of carbonyl (C=O) groups excluding carboxylic acids is 2. The number of esters is 1. The molecule has 3 atom stereocenters. The number of ether oxygens (including phenoxy) is 1. The van der Waals surface area contributed by atoms with Crippen molar-refractivity contribution in [1.82, 2.24) is 10.6 Å². The highest BCUT2D eigenvalue weighted by molar-refractivity contribution is 5.77. The molecule has 1 saturated heterocycles. The first-order valence-electron chi connectivity index (χ1n) is 8.58. The maximum absolute atomic E-state index is 13.5. The van der Waals surface area contributed by atoms with Gasteiger partial charge in [0, 0.05) is 6.42 Å². The van der Waals surface area contributed by atoms with Crippen LogP contribution in [-0.4, -0.2) is 24.1 Å². The summed E-state index contributed by atoms with van der Waals surface area (Å²) in [7, 11) is 0. The van der Waals surface area contributed by atoms with Crippen LogP contribution in [0.2, 0.25) is 0 Å². The van der Waals surface area contributed by atoms with Crippen LogP contribution in [0.5, 0.6) is 5.75 Å². The van der Waals surface area contributed by atoms with E-state index in [1.54, 1.807) is 0 Å². The van der Waals surface area contributed by atoms with Crippen LogP contribution in [0.1, 0.15) is 38.5 Å². The van der Waals surface area contributed by atoms with Gasteiger partial charge in [0.2, 0.25) is 34.8 Å². The molecule has 1 heterocycles. The van der Waals surface area contributed by atoms with E-state index < -0.39 is 40.8 Å². The third-order valence-corrected chi connectivity index (χ3v) is 5.00. The molecule has 3 unspecified atom stereocenters. The lowest BCUT2D eigenvalue weighted by atomic mass is 9.96. The number of benzene rings is 1. The minimum atomic E-state index is -2.31. The monoisotopic (exact) mass is 392 g/mol. The van der Waals surface area contributed by atoms with Gasteiger partial charge in [-0.25, -0.2) is 18.0 Å². The highest BCUT2D eigenvalue weighted by Crippen LogP contribution is 2.33. The molecule has 2 aliphatic rings. The zero-order valence-electron chi connectivity index (χ0n) is 14.1. The van der Waals surface area contributed by atoms with Gasteiger partial charge in [0.15, 0.2) is 0 Å². The normalized spacial score (nSPS) is 23.7. The van der Waals surface area contributed by atoms with E-state index in [-0.39, 0.29) is 30.5 Å². The Balaban J connectivity index is 1.48. The molecule has 27 heavy (non-hydrogen) atoms. The maximum atomic E-state index is 13.5. The fourth-order valence-electron chi connectivity index (χ4n) is 3.66. The number of halogens is 5. The van der Waals surface area contributed by atoms with Crippen LogP contribution in [0.3, 0.4) is 0 Å². The van der Waals surface area contributed by atoms with Gasteiger partial charge in [0.05, 0.1) is 12.1 Å². The summed E-state index contributed by atoms with van der Waals surface area (Å²) in [6.07, 6.45) is 3.22. The number of urea groups is 1.